The van der Waals surface area contributed by atoms with Crippen LogP contribution in [0, 0.1) is 27.7 Å². The third-order valence-electron chi connectivity index (χ3n) is 4.28. The minimum absolute atomic E-state index is 0.134. The van der Waals surface area contributed by atoms with E-state index in [1.54, 1.807) is 4.68 Å². The molecule has 142 valence electrons. The van der Waals surface area contributed by atoms with Crippen LogP contribution in [-0.4, -0.2) is 31.1 Å². The second kappa shape index (κ2) is 7.56. The Morgan fingerprint density at radius 3 is 2.41 bits per heavy atom. The number of hydrogen-bond donors (Lipinski definition) is 1. The van der Waals surface area contributed by atoms with Crippen LogP contribution in [0.2, 0.25) is 0 Å². The van der Waals surface area contributed by atoms with Gasteiger partial charge in [0.05, 0.1) is 22.3 Å². The molecular weight excluding hydrogens is 362 g/mol. The largest absolute Gasteiger partial charge is 0.411 e. The lowest BCUT2D eigenvalue weighted by molar-refractivity contribution is -0.115. The lowest BCUT2D eigenvalue weighted by Crippen LogP contribution is -2.23. The van der Waals surface area contributed by atoms with Gasteiger partial charge in [-0.05, 0) is 46.8 Å². The molecule has 0 saturated heterocycles. The van der Waals surface area contributed by atoms with Crippen molar-refractivity contribution in [2.24, 2.45) is 7.05 Å². The van der Waals surface area contributed by atoms with Crippen LogP contribution in [0.4, 0.5) is 5.69 Å². The first-order valence-corrected chi connectivity index (χ1v) is 9.52. The molecular formula is C19H23N5O2S. The van der Waals surface area contributed by atoms with E-state index in [0.29, 0.717) is 11.1 Å². The summed E-state index contributed by atoms with van der Waals surface area (Å²) < 4.78 is 7.49. The second-order valence-corrected chi connectivity index (χ2v) is 7.96. The minimum Gasteiger partial charge on any atom is -0.411 e. The molecule has 7 nitrogen and oxygen atoms in total. The number of benzene rings is 1. The topological polar surface area (TPSA) is 85.8 Å². The van der Waals surface area contributed by atoms with Gasteiger partial charge in [-0.2, -0.15) is 5.10 Å². The Labute approximate surface area is 162 Å². The van der Waals surface area contributed by atoms with Crippen LogP contribution < -0.4 is 5.32 Å². The molecule has 2 heterocycles. The van der Waals surface area contributed by atoms with Gasteiger partial charge in [-0.25, -0.2) is 0 Å². The Morgan fingerprint density at radius 1 is 1.15 bits per heavy atom. The summed E-state index contributed by atoms with van der Waals surface area (Å²) in [4.78, 5) is 12.5. The number of amides is 1. The van der Waals surface area contributed by atoms with E-state index >= 15 is 0 Å². The molecule has 3 rings (SSSR count). The summed E-state index contributed by atoms with van der Waals surface area (Å²) in [5.41, 5.74) is 5.59. The van der Waals surface area contributed by atoms with E-state index in [2.05, 4.69) is 26.7 Å². The number of carbonyl (C=O) groups is 1. The van der Waals surface area contributed by atoms with E-state index in [1.807, 2.05) is 53.8 Å². The third kappa shape index (κ3) is 4.21. The Morgan fingerprint density at radius 2 is 1.81 bits per heavy atom. The van der Waals surface area contributed by atoms with Gasteiger partial charge in [-0.15, -0.1) is 10.2 Å². The molecule has 0 bridgehead atoms. The monoisotopic (exact) mass is 385 g/mol. The van der Waals surface area contributed by atoms with E-state index in [4.69, 9.17) is 4.42 Å². The lowest BCUT2D eigenvalue weighted by Gasteiger charge is -2.10. The fourth-order valence-corrected chi connectivity index (χ4v) is 3.54. The lowest BCUT2D eigenvalue weighted by atomic mass is 10.1. The minimum atomic E-state index is -0.392. The molecule has 0 aliphatic rings. The molecule has 3 aromatic rings. The van der Waals surface area contributed by atoms with Gasteiger partial charge in [0.1, 0.15) is 0 Å². The highest BCUT2D eigenvalue weighted by Crippen LogP contribution is 2.28. The zero-order valence-corrected chi connectivity index (χ0v) is 17.1. The first-order valence-electron chi connectivity index (χ1n) is 8.64. The summed E-state index contributed by atoms with van der Waals surface area (Å²) in [5, 5.41) is 15.4. The van der Waals surface area contributed by atoms with Crippen molar-refractivity contribution in [3.05, 3.63) is 40.7 Å². The maximum atomic E-state index is 12.5. The molecule has 8 heteroatoms. The summed E-state index contributed by atoms with van der Waals surface area (Å²) in [6, 6.07) is 6.09. The zero-order chi connectivity index (χ0) is 19.7. The first-order chi connectivity index (χ1) is 12.7. The molecule has 0 radical (unpaired) electrons. The zero-order valence-electron chi connectivity index (χ0n) is 16.3. The highest BCUT2D eigenvalue weighted by molar-refractivity contribution is 8.00. The van der Waals surface area contributed by atoms with Gasteiger partial charge < -0.3 is 9.73 Å². The van der Waals surface area contributed by atoms with E-state index in [-0.39, 0.29) is 5.91 Å². The van der Waals surface area contributed by atoms with Crippen LogP contribution in [0.3, 0.4) is 0 Å². The Balaban J connectivity index is 1.70. The van der Waals surface area contributed by atoms with Gasteiger partial charge in [0.2, 0.25) is 11.8 Å². The van der Waals surface area contributed by atoms with Crippen LogP contribution in [0.15, 0.2) is 27.8 Å². The predicted octanol–water partition coefficient (Wildman–Crippen LogP) is 3.82. The van der Waals surface area contributed by atoms with Gasteiger partial charge in [0.25, 0.3) is 5.22 Å². The molecule has 0 spiro atoms. The fourth-order valence-electron chi connectivity index (χ4n) is 2.86. The highest BCUT2D eigenvalue weighted by atomic mass is 32.2. The standard InChI is InChI=1S/C19H23N5O2S/c1-10-7-11(2)9-15(8-10)18-21-22-19(26-18)27-14(5)17(25)20-16-12(3)23-24(6)13(16)4/h7-9,14H,1-6H3,(H,20,25). The van der Waals surface area contributed by atoms with E-state index in [1.165, 1.54) is 11.8 Å². The number of hydrogen-bond acceptors (Lipinski definition) is 6. The van der Waals surface area contributed by atoms with Gasteiger partial charge in [-0.3, -0.25) is 9.48 Å². The van der Waals surface area contributed by atoms with Crippen LogP contribution in [0.1, 0.15) is 29.4 Å². The number of thioether (sulfide) groups is 1. The smallest absolute Gasteiger partial charge is 0.277 e. The Hall–Kier alpha value is -2.61. The molecule has 27 heavy (non-hydrogen) atoms. The molecule has 1 N–H and O–H groups in total. The van der Waals surface area contributed by atoms with Crippen LogP contribution in [-0.2, 0) is 11.8 Å². The van der Waals surface area contributed by atoms with Crippen molar-refractivity contribution in [3.8, 4) is 11.5 Å². The van der Waals surface area contributed by atoms with Crippen molar-refractivity contribution in [1.29, 1.82) is 0 Å². The number of nitrogens with zero attached hydrogens (tertiary/aromatic N) is 4. The predicted molar refractivity (Wildman–Crippen MR) is 106 cm³/mol. The third-order valence-corrected chi connectivity index (χ3v) is 5.21. The van der Waals surface area contributed by atoms with Crippen molar-refractivity contribution in [2.75, 3.05) is 5.32 Å². The van der Waals surface area contributed by atoms with Crippen molar-refractivity contribution in [3.63, 3.8) is 0 Å². The molecule has 0 aliphatic carbocycles. The molecule has 0 saturated carbocycles. The molecule has 2 aromatic heterocycles. The molecule has 1 atom stereocenters. The second-order valence-electron chi connectivity index (χ2n) is 6.67. The van der Waals surface area contributed by atoms with Crippen LogP contribution in [0.5, 0.6) is 0 Å². The van der Waals surface area contributed by atoms with Gasteiger partial charge in [0.15, 0.2) is 0 Å². The SMILES string of the molecule is Cc1cc(C)cc(-c2nnc(SC(C)C(=O)Nc3c(C)nn(C)c3C)o2)c1. The normalized spacial score (nSPS) is 12.2. The summed E-state index contributed by atoms with van der Waals surface area (Å²) in [7, 11) is 1.85. The van der Waals surface area contributed by atoms with Gasteiger partial charge in [0, 0.05) is 12.6 Å². The fraction of sp³-hybridized carbons (Fsp3) is 0.368. The summed E-state index contributed by atoms with van der Waals surface area (Å²) in [6.07, 6.45) is 0. The van der Waals surface area contributed by atoms with Crippen LogP contribution >= 0.6 is 11.8 Å². The Kier molecular flexibility index (Phi) is 5.36. The Bertz CT molecular complexity index is 972. The number of aryl methyl sites for hydroxylation is 4. The summed E-state index contributed by atoms with van der Waals surface area (Å²) in [5.74, 6) is 0.321. The molecule has 0 fully saturated rings. The van der Waals surface area contributed by atoms with E-state index in [0.717, 1.165) is 33.8 Å². The molecule has 0 aliphatic heterocycles. The van der Waals surface area contributed by atoms with Crippen molar-refractivity contribution in [1.82, 2.24) is 20.0 Å². The number of rotatable bonds is 5. The van der Waals surface area contributed by atoms with E-state index in [9.17, 15) is 4.79 Å². The van der Waals surface area contributed by atoms with Crippen molar-refractivity contribution < 1.29 is 9.21 Å². The van der Waals surface area contributed by atoms with E-state index < -0.39 is 5.25 Å². The van der Waals surface area contributed by atoms with Crippen molar-refractivity contribution >= 4 is 23.4 Å². The van der Waals surface area contributed by atoms with Gasteiger partial charge >= 0.3 is 0 Å². The average molecular weight is 385 g/mol. The number of carbonyl (C=O) groups excluding carboxylic acids is 1. The number of aromatic nitrogens is 4. The first kappa shape index (κ1) is 19.2. The maximum Gasteiger partial charge on any atom is 0.277 e. The average Bonchev–Trinajstić information content (AvgIpc) is 3.14. The highest BCUT2D eigenvalue weighted by Gasteiger charge is 2.21. The quantitative estimate of drug-likeness (QED) is 0.672. The number of nitrogens with one attached hydrogen (secondary N) is 1. The maximum absolute atomic E-state index is 12.5. The summed E-state index contributed by atoms with van der Waals surface area (Å²) in [6.45, 7) is 9.65. The number of anilines is 1. The molecule has 1 aromatic carbocycles. The molecule has 1 amide bonds. The van der Waals surface area contributed by atoms with Crippen LogP contribution in [0.25, 0.3) is 11.5 Å². The summed E-state index contributed by atoms with van der Waals surface area (Å²) >= 11 is 1.23. The van der Waals surface area contributed by atoms with Gasteiger partial charge in [-0.1, -0.05) is 29.0 Å². The van der Waals surface area contributed by atoms with Crippen molar-refractivity contribution in [2.45, 2.75) is 45.1 Å². The molecule has 1 unspecified atom stereocenters.